The first-order chi connectivity index (χ1) is 9.72. The first kappa shape index (κ1) is 13.2. The molecule has 4 nitrogen and oxygen atoms in total. The van der Waals surface area contributed by atoms with E-state index >= 15 is 0 Å². The molecule has 1 heterocycles. The Morgan fingerprint density at radius 3 is 2.90 bits per heavy atom. The van der Waals surface area contributed by atoms with Crippen LogP contribution in [0.15, 0.2) is 28.8 Å². The van der Waals surface area contributed by atoms with Crippen molar-refractivity contribution in [3.8, 4) is 11.4 Å². The van der Waals surface area contributed by atoms with Crippen molar-refractivity contribution in [1.29, 1.82) is 0 Å². The maximum absolute atomic E-state index is 13.2. The molecule has 0 bridgehead atoms. The van der Waals surface area contributed by atoms with Gasteiger partial charge in [-0.3, -0.25) is 0 Å². The molecule has 3 rings (SSSR count). The molecular weight excluding hydrogens is 257 g/mol. The summed E-state index contributed by atoms with van der Waals surface area (Å²) in [6, 6.07) is 6.24. The summed E-state index contributed by atoms with van der Waals surface area (Å²) < 4.78 is 18.4. The van der Waals surface area contributed by atoms with Crippen molar-refractivity contribution >= 4 is 0 Å². The Hall–Kier alpha value is -1.75. The molecule has 0 saturated heterocycles. The molecule has 0 amide bonds. The number of nitrogens with two attached hydrogens (primary N) is 1. The van der Waals surface area contributed by atoms with Crippen LogP contribution in [0.2, 0.25) is 0 Å². The normalized spacial score (nSPS) is 17.5. The molecule has 5 heteroatoms. The zero-order valence-corrected chi connectivity index (χ0v) is 11.3. The number of hydrogen-bond acceptors (Lipinski definition) is 4. The first-order valence-electron chi connectivity index (χ1n) is 7.06. The van der Waals surface area contributed by atoms with Crippen LogP contribution < -0.4 is 5.73 Å². The highest BCUT2D eigenvalue weighted by Crippen LogP contribution is 2.28. The van der Waals surface area contributed by atoms with Crippen molar-refractivity contribution < 1.29 is 8.91 Å². The molecule has 106 valence electrons. The Morgan fingerprint density at radius 1 is 1.35 bits per heavy atom. The Bertz CT molecular complexity index is 578. The van der Waals surface area contributed by atoms with E-state index in [1.807, 2.05) is 0 Å². The first-order valence-corrected chi connectivity index (χ1v) is 7.06. The van der Waals surface area contributed by atoms with Gasteiger partial charge in [-0.1, -0.05) is 30.1 Å². The van der Waals surface area contributed by atoms with E-state index in [1.54, 1.807) is 12.1 Å². The minimum Gasteiger partial charge on any atom is -0.339 e. The molecule has 0 aliphatic heterocycles. The number of hydrogen-bond donors (Lipinski definition) is 1. The molecule has 1 aromatic carbocycles. The van der Waals surface area contributed by atoms with Crippen LogP contribution in [0.5, 0.6) is 0 Å². The van der Waals surface area contributed by atoms with Gasteiger partial charge < -0.3 is 10.3 Å². The van der Waals surface area contributed by atoms with Crippen LogP contribution in [0.3, 0.4) is 0 Å². The fourth-order valence-electron chi connectivity index (χ4n) is 2.84. The van der Waals surface area contributed by atoms with Crippen molar-refractivity contribution in [3.63, 3.8) is 0 Å². The van der Waals surface area contributed by atoms with E-state index in [1.165, 1.54) is 37.8 Å². The maximum atomic E-state index is 13.2. The van der Waals surface area contributed by atoms with Gasteiger partial charge in [0.15, 0.2) is 0 Å². The van der Waals surface area contributed by atoms with Crippen LogP contribution in [0, 0.1) is 11.7 Å². The molecule has 1 saturated carbocycles. The number of benzene rings is 1. The van der Waals surface area contributed by atoms with Gasteiger partial charge >= 0.3 is 0 Å². The fraction of sp³-hybridized carbons (Fsp3) is 0.467. The zero-order chi connectivity index (χ0) is 13.9. The lowest BCUT2D eigenvalue weighted by molar-refractivity contribution is 0.341. The molecule has 0 radical (unpaired) electrons. The second kappa shape index (κ2) is 5.71. The van der Waals surface area contributed by atoms with E-state index in [9.17, 15) is 4.39 Å². The largest absolute Gasteiger partial charge is 0.339 e. The number of nitrogens with zero attached hydrogens (tertiary/aromatic N) is 2. The van der Waals surface area contributed by atoms with Gasteiger partial charge in [0.25, 0.3) is 0 Å². The summed E-state index contributed by atoms with van der Waals surface area (Å²) in [6.07, 6.45) is 5.48. The third kappa shape index (κ3) is 2.88. The van der Waals surface area contributed by atoms with Gasteiger partial charge in [-0.2, -0.15) is 4.98 Å². The van der Waals surface area contributed by atoms with E-state index in [2.05, 4.69) is 10.1 Å². The van der Waals surface area contributed by atoms with Crippen molar-refractivity contribution in [1.82, 2.24) is 10.1 Å². The molecule has 1 aromatic heterocycles. The van der Waals surface area contributed by atoms with Crippen LogP contribution in [0.4, 0.5) is 4.39 Å². The monoisotopic (exact) mass is 275 g/mol. The standard InChI is InChI=1S/C15H18FN3O/c16-12-7-3-6-11(8-12)15-18-14(20-19-15)9-13(17)10-4-1-2-5-10/h3,6-8,10,13H,1-2,4-5,9,17H2. The predicted molar refractivity (Wildman–Crippen MR) is 73.3 cm³/mol. The summed E-state index contributed by atoms with van der Waals surface area (Å²) in [7, 11) is 0. The maximum Gasteiger partial charge on any atom is 0.228 e. The van der Waals surface area contributed by atoms with E-state index in [0.29, 0.717) is 29.6 Å². The van der Waals surface area contributed by atoms with Gasteiger partial charge in [0.2, 0.25) is 11.7 Å². The predicted octanol–water partition coefficient (Wildman–Crippen LogP) is 2.94. The van der Waals surface area contributed by atoms with Crippen molar-refractivity contribution in [2.24, 2.45) is 11.7 Å². The average Bonchev–Trinajstić information content (AvgIpc) is 3.10. The van der Waals surface area contributed by atoms with Crippen LogP contribution >= 0.6 is 0 Å². The number of aromatic nitrogens is 2. The van der Waals surface area contributed by atoms with Crippen molar-refractivity contribution in [3.05, 3.63) is 36.0 Å². The molecule has 2 N–H and O–H groups in total. The van der Waals surface area contributed by atoms with Crippen molar-refractivity contribution in [2.45, 2.75) is 38.1 Å². The van der Waals surface area contributed by atoms with Crippen LogP contribution in [-0.4, -0.2) is 16.2 Å². The lowest BCUT2D eigenvalue weighted by atomic mass is 9.96. The Balaban J connectivity index is 1.70. The van der Waals surface area contributed by atoms with Crippen LogP contribution in [0.1, 0.15) is 31.6 Å². The molecule has 0 spiro atoms. The molecular formula is C15H18FN3O. The molecule has 1 fully saturated rings. The van der Waals surface area contributed by atoms with E-state index in [4.69, 9.17) is 10.3 Å². The zero-order valence-electron chi connectivity index (χ0n) is 11.3. The molecule has 2 aromatic rings. The number of rotatable bonds is 4. The second-order valence-electron chi connectivity index (χ2n) is 5.43. The quantitative estimate of drug-likeness (QED) is 0.931. The highest BCUT2D eigenvalue weighted by atomic mass is 19.1. The van der Waals surface area contributed by atoms with E-state index < -0.39 is 0 Å². The van der Waals surface area contributed by atoms with E-state index in [0.717, 1.165) is 0 Å². The lowest BCUT2D eigenvalue weighted by Gasteiger charge is -2.16. The summed E-state index contributed by atoms with van der Waals surface area (Å²) in [5.41, 5.74) is 6.82. The summed E-state index contributed by atoms with van der Waals surface area (Å²) in [4.78, 5) is 4.31. The lowest BCUT2D eigenvalue weighted by Crippen LogP contribution is -2.30. The van der Waals surface area contributed by atoms with Gasteiger partial charge in [0.05, 0.1) is 0 Å². The molecule has 1 aliphatic carbocycles. The molecule has 20 heavy (non-hydrogen) atoms. The van der Waals surface area contributed by atoms with Gasteiger partial charge in [-0.25, -0.2) is 4.39 Å². The highest BCUT2D eigenvalue weighted by Gasteiger charge is 2.24. The minimum absolute atomic E-state index is 0.0679. The second-order valence-corrected chi connectivity index (χ2v) is 5.43. The smallest absolute Gasteiger partial charge is 0.228 e. The minimum atomic E-state index is -0.309. The van der Waals surface area contributed by atoms with Crippen molar-refractivity contribution in [2.75, 3.05) is 0 Å². The van der Waals surface area contributed by atoms with Gasteiger partial charge in [0.1, 0.15) is 5.82 Å². The van der Waals surface area contributed by atoms with E-state index in [-0.39, 0.29) is 11.9 Å². The highest BCUT2D eigenvalue weighted by molar-refractivity contribution is 5.53. The Kier molecular flexibility index (Phi) is 3.78. The van der Waals surface area contributed by atoms with Gasteiger partial charge in [-0.05, 0) is 30.9 Å². The summed E-state index contributed by atoms with van der Waals surface area (Å²) >= 11 is 0. The summed E-state index contributed by atoms with van der Waals surface area (Å²) in [6.45, 7) is 0. The Morgan fingerprint density at radius 2 is 2.15 bits per heavy atom. The SMILES string of the molecule is NC(Cc1nc(-c2cccc(F)c2)no1)C1CCCC1. The topological polar surface area (TPSA) is 64.9 Å². The number of halogens is 1. The third-order valence-corrected chi connectivity index (χ3v) is 3.97. The van der Waals surface area contributed by atoms with Gasteiger partial charge in [-0.15, -0.1) is 0 Å². The molecule has 1 unspecified atom stereocenters. The van der Waals surface area contributed by atoms with Crippen LogP contribution in [-0.2, 0) is 6.42 Å². The molecule has 1 aliphatic rings. The third-order valence-electron chi connectivity index (χ3n) is 3.97. The Labute approximate surface area is 117 Å². The van der Waals surface area contributed by atoms with Crippen LogP contribution in [0.25, 0.3) is 11.4 Å². The van der Waals surface area contributed by atoms with Gasteiger partial charge in [0, 0.05) is 18.0 Å². The summed E-state index contributed by atoms with van der Waals surface area (Å²) in [5, 5.41) is 3.90. The average molecular weight is 275 g/mol. The molecule has 1 atom stereocenters. The summed E-state index contributed by atoms with van der Waals surface area (Å²) in [5.74, 6) is 1.19. The fourth-order valence-corrected chi connectivity index (χ4v) is 2.84.